The Hall–Kier alpha value is 1.86. The first-order valence-corrected chi connectivity index (χ1v) is 23.3. The van der Waals surface area contributed by atoms with Gasteiger partial charge in [-0.25, -0.2) is 0 Å². The molecule has 12 nitrogen and oxygen atoms in total. The summed E-state index contributed by atoms with van der Waals surface area (Å²) in [6, 6.07) is 0. The second kappa shape index (κ2) is 39.3. The summed E-state index contributed by atoms with van der Waals surface area (Å²) in [5, 5.41) is 0. The van der Waals surface area contributed by atoms with Gasteiger partial charge < -0.3 is 54.3 Å². The normalized spacial score (nSPS) is 12.2. The first kappa shape index (κ1) is 64.0. The van der Waals surface area contributed by atoms with Crippen LogP contribution < -0.4 is 0 Å². The molecule has 0 rings (SSSR count). The molecule has 53 heavy (non-hydrogen) atoms. The minimum atomic E-state index is -1.18. The fourth-order valence-electron chi connectivity index (χ4n) is 2.36. The summed E-state index contributed by atoms with van der Waals surface area (Å²) in [6.07, 6.45) is 1.71. The molecule has 0 fully saturated rings. The molecule has 0 saturated carbocycles. The molecule has 0 saturated heterocycles. The maximum Gasteiger partial charge on any atom is 0.333 e. The molecule has 0 aromatic heterocycles. The molecular formula is C36H84O12P4Ru. The fourth-order valence-corrected chi connectivity index (χ4v) is 7.09. The van der Waals surface area contributed by atoms with E-state index in [0.717, 1.165) is 0 Å². The van der Waals surface area contributed by atoms with Gasteiger partial charge in [-0.05, 0) is 166 Å². The first-order valence-electron chi connectivity index (χ1n) is 18.9. The second-order valence-corrected chi connectivity index (χ2v) is 19.1. The zero-order valence-electron chi connectivity index (χ0n) is 38.0. The van der Waals surface area contributed by atoms with Gasteiger partial charge in [-0.15, -0.1) is 0 Å². The van der Waals surface area contributed by atoms with Crippen molar-refractivity contribution in [3.63, 3.8) is 0 Å². The van der Waals surface area contributed by atoms with Gasteiger partial charge in [0.1, 0.15) is 0 Å². The number of hydrogen-bond acceptors (Lipinski definition) is 12. The molecule has 0 N–H and O–H groups in total. The molecule has 0 bridgehead atoms. The van der Waals surface area contributed by atoms with E-state index in [9.17, 15) is 0 Å². The van der Waals surface area contributed by atoms with Crippen molar-refractivity contribution in [2.24, 2.45) is 0 Å². The average molecular weight is 934 g/mol. The van der Waals surface area contributed by atoms with Crippen LogP contribution in [0.2, 0.25) is 0 Å². The minimum absolute atomic E-state index is 0. The Labute approximate surface area is 346 Å². The van der Waals surface area contributed by atoms with Gasteiger partial charge in [-0.1, -0.05) is 0 Å². The van der Waals surface area contributed by atoms with E-state index in [0.29, 0.717) is 0 Å². The minimum Gasteiger partial charge on any atom is -0.309 e. The molecule has 0 radical (unpaired) electrons. The van der Waals surface area contributed by atoms with Gasteiger partial charge >= 0.3 is 34.4 Å². The van der Waals surface area contributed by atoms with E-state index < -0.39 is 34.4 Å². The standard InChI is InChI=1S/4C9H21O3P.Ru/c4*1-7(2)10-13(11-8(3)4)12-9(5)6;/h4*7-9H,1-6H3;. The van der Waals surface area contributed by atoms with E-state index in [1.54, 1.807) is 0 Å². The average Bonchev–Trinajstić information content (AvgIpc) is 2.85. The van der Waals surface area contributed by atoms with Crippen molar-refractivity contribution < 1.29 is 73.8 Å². The SMILES string of the molecule is CC(C)OP(OC(C)C)OC(C)C.CC(C)OP(OC(C)C)OC(C)C.CC(C)OP(OC(C)C)OC(C)C.CC(C)OP(OC(C)C)OC(C)C.[Ru]. The third kappa shape index (κ3) is 58.3. The smallest absolute Gasteiger partial charge is 0.309 e. The van der Waals surface area contributed by atoms with Crippen molar-refractivity contribution in [3.8, 4) is 0 Å². The van der Waals surface area contributed by atoms with E-state index in [-0.39, 0.29) is 92.7 Å². The summed E-state index contributed by atoms with van der Waals surface area (Å²) in [7, 11) is -4.72. The van der Waals surface area contributed by atoms with Crippen molar-refractivity contribution in [1.82, 2.24) is 0 Å². The first-order chi connectivity index (χ1) is 23.7. The van der Waals surface area contributed by atoms with Crippen LogP contribution in [0.1, 0.15) is 166 Å². The van der Waals surface area contributed by atoms with Crippen molar-refractivity contribution in [2.75, 3.05) is 0 Å². The quantitative estimate of drug-likeness (QED) is 0.0679. The Morgan fingerprint density at radius 2 is 0.226 bits per heavy atom. The molecule has 17 heteroatoms. The third-order valence-corrected chi connectivity index (χ3v) is 10.7. The molecule has 0 aliphatic rings. The molecule has 0 unspecified atom stereocenters. The molecule has 0 atom stereocenters. The van der Waals surface area contributed by atoms with E-state index in [1.807, 2.05) is 166 Å². The maximum absolute atomic E-state index is 5.49. The molecule has 0 amide bonds. The van der Waals surface area contributed by atoms with Crippen LogP contribution in [0.25, 0.3) is 0 Å². The van der Waals surface area contributed by atoms with Gasteiger partial charge in [0.25, 0.3) is 0 Å². The van der Waals surface area contributed by atoms with Crippen LogP contribution in [0.3, 0.4) is 0 Å². The van der Waals surface area contributed by atoms with Gasteiger partial charge in [-0.3, -0.25) is 0 Å². The van der Waals surface area contributed by atoms with Gasteiger partial charge in [0.2, 0.25) is 0 Å². The second-order valence-electron chi connectivity index (χ2n) is 14.7. The third-order valence-electron chi connectivity index (χ3n) is 3.56. The van der Waals surface area contributed by atoms with Crippen LogP contribution in [0.15, 0.2) is 0 Å². The molecule has 0 spiro atoms. The Morgan fingerprint density at radius 1 is 0.170 bits per heavy atom. The van der Waals surface area contributed by atoms with E-state index in [1.165, 1.54) is 0 Å². The van der Waals surface area contributed by atoms with E-state index in [4.69, 9.17) is 54.3 Å². The predicted octanol–water partition coefficient (Wildman–Crippen LogP) is 14.0. The maximum atomic E-state index is 5.49. The van der Waals surface area contributed by atoms with Crippen molar-refractivity contribution in [2.45, 2.75) is 239 Å². The van der Waals surface area contributed by atoms with E-state index in [2.05, 4.69) is 0 Å². The van der Waals surface area contributed by atoms with Crippen molar-refractivity contribution >= 4 is 34.4 Å². The fraction of sp³-hybridized carbons (Fsp3) is 1.00. The van der Waals surface area contributed by atoms with Crippen LogP contribution in [0.4, 0.5) is 0 Å². The molecule has 0 aliphatic heterocycles. The van der Waals surface area contributed by atoms with Crippen LogP contribution in [-0.4, -0.2) is 73.2 Å². The van der Waals surface area contributed by atoms with Crippen LogP contribution in [0.5, 0.6) is 0 Å². The van der Waals surface area contributed by atoms with E-state index >= 15 is 0 Å². The molecule has 0 heterocycles. The molecule has 328 valence electrons. The zero-order chi connectivity index (χ0) is 41.7. The summed E-state index contributed by atoms with van der Waals surface area (Å²) < 4.78 is 65.9. The Kier molecular flexibility index (Phi) is 47.5. The summed E-state index contributed by atoms with van der Waals surface area (Å²) in [4.78, 5) is 0. The molecule has 0 aliphatic carbocycles. The Balaban J connectivity index is -0.000000192. The van der Waals surface area contributed by atoms with Crippen molar-refractivity contribution in [1.29, 1.82) is 0 Å². The molecular weight excluding hydrogens is 849 g/mol. The zero-order valence-corrected chi connectivity index (χ0v) is 43.3. The monoisotopic (exact) mass is 934 g/mol. The van der Waals surface area contributed by atoms with Gasteiger partial charge in [0, 0.05) is 19.5 Å². The number of hydrogen-bond donors (Lipinski definition) is 0. The van der Waals surface area contributed by atoms with Crippen LogP contribution >= 0.6 is 34.4 Å². The topological polar surface area (TPSA) is 111 Å². The summed E-state index contributed by atoms with van der Waals surface area (Å²) in [6.45, 7) is 47.4. The molecule has 0 aromatic rings. The molecule has 0 aromatic carbocycles. The number of rotatable bonds is 24. The predicted molar refractivity (Wildman–Crippen MR) is 222 cm³/mol. The van der Waals surface area contributed by atoms with Gasteiger partial charge in [0.05, 0.1) is 73.2 Å². The summed E-state index contributed by atoms with van der Waals surface area (Å²) in [5.74, 6) is 0. The summed E-state index contributed by atoms with van der Waals surface area (Å²) in [5.41, 5.74) is 0. The Morgan fingerprint density at radius 3 is 0.264 bits per heavy atom. The van der Waals surface area contributed by atoms with Gasteiger partial charge in [0.15, 0.2) is 0 Å². The van der Waals surface area contributed by atoms with Crippen LogP contribution in [0, 0.1) is 0 Å². The van der Waals surface area contributed by atoms with Gasteiger partial charge in [-0.2, -0.15) is 0 Å². The largest absolute Gasteiger partial charge is 0.333 e. The Bertz CT molecular complexity index is 536. The van der Waals surface area contributed by atoms with Crippen LogP contribution in [-0.2, 0) is 73.8 Å². The van der Waals surface area contributed by atoms with Crippen molar-refractivity contribution in [3.05, 3.63) is 0 Å². The summed E-state index contributed by atoms with van der Waals surface area (Å²) >= 11 is 0.